The monoisotopic (exact) mass is 457 g/mol. The maximum Gasteiger partial charge on any atom is 0.354 e. The van der Waals surface area contributed by atoms with Gasteiger partial charge in [0.05, 0.1) is 22.7 Å². The van der Waals surface area contributed by atoms with E-state index in [0.29, 0.717) is 27.2 Å². The van der Waals surface area contributed by atoms with Gasteiger partial charge >= 0.3 is 5.97 Å². The summed E-state index contributed by atoms with van der Waals surface area (Å²) < 4.78 is 16.3. The average Bonchev–Trinajstić information content (AvgIpc) is 2.83. The molecule has 2 aromatic heterocycles. The maximum absolute atomic E-state index is 13.3. The second-order valence-corrected chi connectivity index (χ2v) is 8.30. The highest BCUT2D eigenvalue weighted by Gasteiger charge is 2.15. The molecule has 2 aromatic carbocycles. The summed E-state index contributed by atoms with van der Waals surface area (Å²) in [6, 6.07) is 16.3. The molecule has 3 N–H and O–H groups in total. The van der Waals surface area contributed by atoms with Crippen LogP contribution < -0.4 is 4.72 Å². The van der Waals surface area contributed by atoms with Crippen LogP contribution in [0, 0.1) is 18.8 Å². The number of nitrogens with one attached hydrogen (secondary N) is 1. The van der Waals surface area contributed by atoms with Crippen molar-refractivity contribution in [2.24, 2.45) is 0 Å². The SMILES string of the molecule is Cc1ccc2cccnc2c1S(=O)Nc1ccccc1C#Cc1cnc(C(=O)O)c(CO)c1. The van der Waals surface area contributed by atoms with E-state index in [2.05, 4.69) is 26.5 Å². The number of carboxylic acid groups (broad SMARTS) is 1. The average molecular weight is 458 g/mol. The minimum atomic E-state index is -1.58. The molecule has 0 saturated heterocycles. The van der Waals surface area contributed by atoms with Gasteiger partial charge < -0.3 is 10.2 Å². The Labute approximate surface area is 192 Å². The number of aryl methyl sites for hydroxylation is 1. The largest absolute Gasteiger partial charge is 0.477 e. The molecule has 0 saturated carbocycles. The predicted octanol–water partition coefficient (Wildman–Crippen LogP) is 3.66. The number of aliphatic hydroxyl groups excluding tert-OH is 1. The first kappa shape index (κ1) is 22.1. The van der Waals surface area contributed by atoms with Crippen molar-refractivity contribution >= 4 is 33.5 Å². The van der Waals surface area contributed by atoms with Crippen molar-refractivity contribution in [1.82, 2.24) is 9.97 Å². The summed E-state index contributed by atoms with van der Waals surface area (Å²) in [7, 11) is -1.58. The molecule has 0 radical (unpaired) electrons. The number of rotatable bonds is 5. The molecule has 164 valence electrons. The minimum Gasteiger partial charge on any atom is -0.477 e. The smallest absolute Gasteiger partial charge is 0.354 e. The molecule has 0 aliphatic rings. The Morgan fingerprint density at radius 2 is 1.91 bits per heavy atom. The first-order valence-corrected chi connectivity index (χ1v) is 11.1. The summed E-state index contributed by atoms with van der Waals surface area (Å²) in [4.78, 5) is 20.1. The fourth-order valence-electron chi connectivity index (χ4n) is 3.32. The summed E-state index contributed by atoms with van der Waals surface area (Å²) in [6.45, 7) is 1.43. The van der Waals surface area contributed by atoms with Crippen molar-refractivity contribution in [3.63, 3.8) is 0 Å². The molecule has 7 nitrogen and oxygen atoms in total. The van der Waals surface area contributed by atoms with Gasteiger partial charge in [0.15, 0.2) is 16.7 Å². The third-order valence-electron chi connectivity index (χ3n) is 4.92. The third-order valence-corrected chi connectivity index (χ3v) is 6.21. The molecule has 0 bridgehead atoms. The van der Waals surface area contributed by atoms with E-state index in [1.165, 1.54) is 12.3 Å². The Kier molecular flexibility index (Phi) is 6.45. The lowest BCUT2D eigenvalue weighted by Crippen LogP contribution is -2.09. The van der Waals surface area contributed by atoms with E-state index in [9.17, 15) is 14.1 Å². The number of anilines is 1. The van der Waals surface area contributed by atoms with Crippen molar-refractivity contribution < 1.29 is 19.2 Å². The number of fused-ring (bicyclic) bond motifs is 1. The summed E-state index contributed by atoms with van der Waals surface area (Å²) in [6.07, 6.45) is 3.02. The number of para-hydroxylation sites is 1. The molecule has 0 amide bonds. The van der Waals surface area contributed by atoms with Gasteiger partial charge in [-0.15, -0.1) is 0 Å². The highest BCUT2D eigenvalue weighted by molar-refractivity contribution is 7.86. The van der Waals surface area contributed by atoms with Gasteiger partial charge in [0.1, 0.15) is 0 Å². The van der Waals surface area contributed by atoms with E-state index in [1.807, 2.05) is 43.3 Å². The summed E-state index contributed by atoms with van der Waals surface area (Å²) >= 11 is 0. The van der Waals surface area contributed by atoms with Gasteiger partial charge in [-0.2, -0.15) is 0 Å². The van der Waals surface area contributed by atoms with Crippen LogP contribution in [-0.4, -0.2) is 30.4 Å². The summed E-state index contributed by atoms with van der Waals surface area (Å²) in [5, 5.41) is 19.5. The Morgan fingerprint density at radius 1 is 1.09 bits per heavy atom. The molecule has 0 aliphatic heterocycles. The third kappa shape index (κ3) is 4.75. The normalized spacial score (nSPS) is 11.5. The molecule has 4 aromatic rings. The molecular formula is C25H19N3O4S. The van der Waals surface area contributed by atoms with Crippen LogP contribution >= 0.6 is 0 Å². The lowest BCUT2D eigenvalue weighted by molar-refractivity contribution is 0.0686. The first-order valence-electron chi connectivity index (χ1n) is 9.95. The molecule has 33 heavy (non-hydrogen) atoms. The zero-order valence-corrected chi connectivity index (χ0v) is 18.4. The minimum absolute atomic E-state index is 0.181. The van der Waals surface area contributed by atoms with E-state index < -0.39 is 23.6 Å². The standard InChI is InChI=1S/C25H19N3O4S/c1-16-8-10-19-6-4-12-26-22(19)24(16)33(32)28-21-7-3-2-5-18(21)11-9-17-13-20(15-29)23(25(30)31)27-14-17/h2-8,10,12-14,28-29H,15H2,1H3,(H,30,31). The van der Waals surface area contributed by atoms with E-state index in [4.69, 9.17) is 5.11 Å². The Bertz CT molecular complexity index is 1460. The van der Waals surface area contributed by atoms with Gasteiger partial charge in [-0.25, -0.2) is 14.0 Å². The molecule has 4 rings (SSSR count). The van der Waals surface area contributed by atoms with Gasteiger partial charge in [-0.1, -0.05) is 42.2 Å². The van der Waals surface area contributed by atoms with Crippen LogP contribution in [0.4, 0.5) is 5.69 Å². The van der Waals surface area contributed by atoms with Gasteiger partial charge in [0.2, 0.25) is 0 Å². The highest BCUT2D eigenvalue weighted by atomic mass is 32.2. The van der Waals surface area contributed by atoms with Gasteiger partial charge in [-0.3, -0.25) is 9.71 Å². The topological polar surface area (TPSA) is 112 Å². The lowest BCUT2D eigenvalue weighted by Gasteiger charge is -2.12. The Morgan fingerprint density at radius 3 is 2.70 bits per heavy atom. The molecular weight excluding hydrogens is 438 g/mol. The number of hydrogen-bond acceptors (Lipinski definition) is 5. The molecule has 1 unspecified atom stereocenters. The number of nitrogens with zero attached hydrogens (tertiary/aromatic N) is 2. The fourth-order valence-corrected chi connectivity index (χ4v) is 4.50. The molecule has 2 heterocycles. The number of aliphatic hydroxyl groups is 1. The molecule has 8 heteroatoms. The Balaban J connectivity index is 1.66. The number of carbonyl (C=O) groups is 1. The van der Waals surface area contributed by atoms with Gasteiger partial charge in [-0.05, 0) is 36.8 Å². The van der Waals surface area contributed by atoms with Crippen LogP contribution in [0.15, 0.2) is 71.9 Å². The lowest BCUT2D eigenvalue weighted by atomic mass is 10.1. The molecule has 0 fully saturated rings. The van der Waals surface area contributed by atoms with Crippen molar-refractivity contribution in [2.75, 3.05) is 4.72 Å². The summed E-state index contributed by atoms with van der Waals surface area (Å²) in [5.74, 6) is 4.72. The van der Waals surface area contributed by atoms with Crippen LogP contribution in [0.3, 0.4) is 0 Å². The van der Waals surface area contributed by atoms with Crippen molar-refractivity contribution in [2.45, 2.75) is 18.4 Å². The van der Waals surface area contributed by atoms with Crippen LogP contribution in [0.25, 0.3) is 10.9 Å². The van der Waals surface area contributed by atoms with E-state index in [1.54, 1.807) is 18.3 Å². The highest BCUT2D eigenvalue weighted by Crippen LogP contribution is 2.25. The fraction of sp³-hybridized carbons (Fsp3) is 0.0800. The van der Waals surface area contributed by atoms with Crippen LogP contribution in [0.5, 0.6) is 0 Å². The van der Waals surface area contributed by atoms with Crippen molar-refractivity contribution in [1.29, 1.82) is 0 Å². The van der Waals surface area contributed by atoms with E-state index in [0.717, 1.165) is 10.9 Å². The number of hydrogen-bond donors (Lipinski definition) is 3. The number of pyridine rings is 2. The number of aromatic nitrogens is 2. The van der Waals surface area contributed by atoms with E-state index >= 15 is 0 Å². The zero-order valence-electron chi connectivity index (χ0n) is 17.6. The van der Waals surface area contributed by atoms with E-state index in [-0.39, 0.29) is 11.3 Å². The zero-order chi connectivity index (χ0) is 23.4. The number of benzene rings is 2. The van der Waals surface area contributed by atoms with Crippen LogP contribution in [0.1, 0.15) is 32.7 Å². The maximum atomic E-state index is 13.3. The molecule has 1 atom stereocenters. The van der Waals surface area contributed by atoms with Gasteiger partial charge in [0.25, 0.3) is 0 Å². The second kappa shape index (κ2) is 9.61. The van der Waals surface area contributed by atoms with Gasteiger partial charge in [0, 0.05) is 34.5 Å². The van der Waals surface area contributed by atoms with Crippen molar-refractivity contribution in [3.8, 4) is 11.8 Å². The van der Waals surface area contributed by atoms with Crippen LogP contribution in [-0.2, 0) is 17.6 Å². The molecule has 0 spiro atoms. The first-order chi connectivity index (χ1) is 16.0. The summed E-state index contributed by atoms with van der Waals surface area (Å²) in [5.41, 5.74) is 3.14. The second-order valence-electron chi connectivity index (χ2n) is 7.15. The predicted molar refractivity (Wildman–Crippen MR) is 126 cm³/mol. The number of aromatic carboxylic acids is 1. The Hall–Kier alpha value is -4.06. The van der Waals surface area contributed by atoms with Crippen molar-refractivity contribution in [3.05, 3.63) is 94.9 Å². The quantitative estimate of drug-likeness (QED) is 0.394. The van der Waals surface area contributed by atoms with Crippen LogP contribution in [0.2, 0.25) is 0 Å². The number of carboxylic acids is 1. The molecule has 0 aliphatic carbocycles.